The van der Waals surface area contributed by atoms with Gasteiger partial charge in [0, 0.05) is 32.7 Å². The van der Waals surface area contributed by atoms with Gasteiger partial charge in [-0.05, 0) is 49.2 Å². The average molecular weight is 521 g/mol. The number of guanidine groups is 1. The lowest BCUT2D eigenvalue weighted by Crippen LogP contribution is -2.42. The van der Waals surface area contributed by atoms with Crippen LogP contribution in [0.15, 0.2) is 59.6 Å². The minimum absolute atomic E-state index is 0. The van der Waals surface area contributed by atoms with Crippen LogP contribution in [0.25, 0.3) is 0 Å². The second-order valence-corrected chi connectivity index (χ2v) is 7.25. The summed E-state index contributed by atoms with van der Waals surface area (Å²) in [5, 5.41) is 9.49. The van der Waals surface area contributed by atoms with Crippen molar-refractivity contribution in [2.24, 2.45) is 4.99 Å². The maximum atomic E-state index is 11.7. The summed E-state index contributed by atoms with van der Waals surface area (Å²) in [4.78, 5) is 18.6. The Morgan fingerprint density at radius 3 is 2.30 bits per heavy atom. The van der Waals surface area contributed by atoms with Crippen molar-refractivity contribution in [2.75, 3.05) is 33.7 Å². The summed E-state index contributed by atoms with van der Waals surface area (Å²) >= 11 is 0. The van der Waals surface area contributed by atoms with Crippen molar-refractivity contribution >= 4 is 35.8 Å². The third-order valence-electron chi connectivity index (χ3n) is 5.36. The van der Waals surface area contributed by atoms with Gasteiger partial charge >= 0.3 is 0 Å². The molecule has 0 aromatic heterocycles. The zero-order valence-electron chi connectivity index (χ0n) is 17.7. The van der Waals surface area contributed by atoms with E-state index in [1.807, 2.05) is 24.3 Å². The fourth-order valence-corrected chi connectivity index (χ4v) is 3.70. The molecular formula is C23H32IN5O. The molecule has 6 nitrogen and oxygen atoms in total. The van der Waals surface area contributed by atoms with Crippen LogP contribution in [0.1, 0.15) is 40.4 Å². The summed E-state index contributed by atoms with van der Waals surface area (Å²) in [5.74, 6) is 0.705. The van der Waals surface area contributed by atoms with E-state index in [9.17, 15) is 4.79 Å². The summed E-state index contributed by atoms with van der Waals surface area (Å²) in [7, 11) is 3.43. The third-order valence-corrected chi connectivity index (χ3v) is 5.36. The number of amides is 1. The predicted molar refractivity (Wildman–Crippen MR) is 133 cm³/mol. The van der Waals surface area contributed by atoms with Crippen molar-refractivity contribution in [1.29, 1.82) is 0 Å². The minimum Gasteiger partial charge on any atom is -0.355 e. The van der Waals surface area contributed by atoms with E-state index < -0.39 is 0 Å². The number of carbonyl (C=O) groups is 1. The summed E-state index contributed by atoms with van der Waals surface area (Å²) in [6.45, 7) is 3.74. The molecule has 0 aliphatic carbocycles. The van der Waals surface area contributed by atoms with Crippen LogP contribution < -0.4 is 16.0 Å². The maximum absolute atomic E-state index is 11.7. The molecule has 0 spiro atoms. The average Bonchev–Trinajstić information content (AvgIpc) is 3.31. The number of hydrogen-bond donors (Lipinski definition) is 3. The fourth-order valence-electron chi connectivity index (χ4n) is 3.70. The van der Waals surface area contributed by atoms with Crippen molar-refractivity contribution in [3.05, 3.63) is 71.3 Å². The van der Waals surface area contributed by atoms with Crippen LogP contribution in [0.2, 0.25) is 0 Å². The van der Waals surface area contributed by atoms with Crippen LogP contribution in [0.4, 0.5) is 0 Å². The van der Waals surface area contributed by atoms with E-state index in [4.69, 9.17) is 0 Å². The number of benzene rings is 2. The first-order chi connectivity index (χ1) is 14.2. The van der Waals surface area contributed by atoms with Gasteiger partial charge in [0.2, 0.25) is 0 Å². The monoisotopic (exact) mass is 521 g/mol. The van der Waals surface area contributed by atoms with E-state index in [2.05, 4.69) is 56.2 Å². The number of aliphatic imine (C=N–C) groups is 1. The Kier molecular flexibility index (Phi) is 10.1. The highest BCUT2D eigenvalue weighted by atomic mass is 127. The Labute approximate surface area is 196 Å². The fraction of sp³-hybridized carbons (Fsp3) is 0.391. The molecule has 2 aromatic rings. The van der Waals surface area contributed by atoms with Gasteiger partial charge in [-0.2, -0.15) is 0 Å². The molecule has 2 aromatic carbocycles. The topological polar surface area (TPSA) is 68.8 Å². The van der Waals surface area contributed by atoms with E-state index in [-0.39, 0.29) is 29.9 Å². The highest BCUT2D eigenvalue weighted by Crippen LogP contribution is 2.24. The molecule has 1 fully saturated rings. The Morgan fingerprint density at radius 1 is 1.03 bits per heavy atom. The first-order valence-electron chi connectivity index (χ1n) is 10.3. The SMILES string of the molecule is CN=C(NCc1ccc(C(=O)NC)cc1)NCC(c1ccccc1)N1CCCC1.I. The number of carbonyl (C=O) groups excluding carboxylic acids is 1. The van der Waals surface area contributed by atoms with Crippen molar-refractivity contribution < 1.29 is 4.79 Å². The van der Waals surface area contributed by atoms with Crippen LogP contribution in [-0.2, 0) is 6.54 Å². The number of halogens is 1. The molecule has 1 atom stereocenters. The lowest BCUT2D eigenvalue weighted by molar-refractivity contribution is 0.0963. The highest BCUT2D eigenvalue weighted by molar-refractivity contribution is 14.0. The summed E-state index contributed by atoms with van der Waals surface area (Å²) in [6.07, 6.45) is 2.53. The Hall–Kier alpha value is -2.13. The quantitative estimate of drug-likeness (QED) is 0.298. The van der Waals surface area contributed by atoms with Gasteiger partial charge in [-0.25, -0.2) is 0 Å². The molecule has 1 saturated heterocycles. The Balaban J connectivity index is 0.00000320. The molecule has 3 N–H and O–H groups in total. The molecule has 3 rings (SSSR count). The van der Waals surface area contributed by atoms with E-state index in [0.29, 0.717) is 18.2 Å². The second-order valence-electron chi connectivity index (χ2n) is 7.25. The van der Waals surface area contributed by atoms with Gasteiger partial charge in [0.1, 0.15) is 0 Å². The van der Waals surface area contributed by atoms with E-state index in [1.165, 1.54) is 18.4 Å². The van der Waals surface area contributed by atoms with E-state index >= 15 is 0 Å². The largest absolute Gasteiger partial charge is 0.355 e. The van der Waals surface area contributed by atoms with Crippen LogP contribution in [-0.4, -0.2) is 50.5 Å². The number of likely N-dealkylation sites (tertiary alicyclic amines) is 1. The molecule has 1 heterocycles. The van der Waals surface area contributed by atoms with E-state index in [0.717, 1.165) is 31.2 Å². The van der Waals surface area contributed by atoms with Crippen LogP contribution in [0, 0.1) is 0 Å². The predicted octanol–water partition coefficient (Wildman–Crippen LogP) is 3.17. The van der Waals surface area contributed by atoms with Gasteiger partial charge < -0.3 is 16.0 Å². The van der Waals surface area contributed by atoms with Gasteiger partial charge in [-0.15, -0.1) is 24.0 Å². The van der Waals surface area contributed by atoms with Gasteiger partial charge in [0.25, 0.3) is 5.91 Å². The summed E-state index contributed by atoms with van der Waals surface area (Å²) in [5.41, 5.74) is 3.09. The maximum Gasteiger partial charge on any atom is 0.251 e. The molecule has 7 heteroatoms. The van der Waals surface area contributed by atoms with Crippen LogP contribution >= 0.6 is 24.0 Å². The van der Waals surface area contributed by atoms with E-state index in [1.54, 1.807) is 14.1 Å². The number of rotatable bonds is 7. The molecule has 1 unspecified atom stereocenters. The third kappa shape index (κ3) is 6.70. The zero-order valence-corrected chi connectivity index (χ0v) is 20.1. The molecule has 1 aliphatic rings. The number of nitrogens with one attached hydrogen (secondary N) is 3. The molecule has 0 radical (unpaired) electrons. The van der Waals surface area contributed by atoms with Crippen LogP contribution in [0.3, 0.4) is 0 Å². The second kappa shape index (κ2) is 12.5. The molecule has 0 saturated carbocycles. The lowest BCUT2D eigenvalue weighted by Gasteiger charge is -2.29. The van der Waals surface area contributed by atoms with Crippen molar-refractivity contribution in [3.8, 4) is 0 Å². The Morgan fingerprint density at radius 2 is 1.70 bits per heavy atom. The minimum atomic E-state index is -0.0733. The first kappa shape index (κ1) is 24.1. The summed E-state index contributed by atoms with van der Waals surface area (Å²) in [6, 6.07) is 18.6. The van der Waals surface area contributed by atoms with Gasteiger partial charge in [-0.3, -0.25) is 14.7 Å². The summed E-state index contributed by atoms with van der Waals surface area (Å²) < 4.78 is 0. The first-order valence-corrected chi connectivity index (χ1v) is 10.3. The normalized spacial score (nSPS) is 15.2. The van der Waals surface area contributed by atoms with Gasteiger partial charge in [-0.1, -0.05) is 42.5 Å². The van der Waals surface area contributed by atoms with Gasteiger partial charge in [0.05, 0.1) is 6.04 Å². The molecule has 30 heavy (non-hydrogen) atoms. The van der Waals surface area contributed by atoms with Gasteiger partial charge in [0.15, 0.2) is 5.96 Å². The van der Waals surface area contributed by atoms with Crippen molar-refractivity contribution in [3.63, 3.8) is 0 Å². The van der Waals surface area contributed by atoms with Crippen LogP contribution in [0.5, 0.6) is 0 Å². The lowest BCUT2D eigenvalue weighted by atomic mass is 10.1. The van der Waals surface area contributed by atoms with Crippen molar-refractivity contribution in [1.82, 2.24) is 20.9 Å². The standard InChI is InChI=1S/C23H31N5O.HI/c1-24-22(29)20-12-10-18(11-13-20)16-26-23(25-2)27-17-21(28-14-6-7-15-28)19-8-4-3-5-9-19;/h3-5,8-13,21H,6-7,14-17H2,1-2H3,(H,24,29)(H2,25,26,27);1H. The zero-order chi connectivity index (χ0) is 20.5. The molecule has 0 bridgehead atoms. The smallest absolute Gasteiger partial charge is 0.251 e. The highest BCUT2D eigenvalue weighted by Gasteiger charge is 2.23. The number of hydrogen-bond acceptors (Lipinski definition) is 3. The number of nitrogens with zero attached hydrogens (tertiary/aromatic N) is 2. The Bertz CT molecular complexity index is 804. The molecule has 162 valence electrons. The molecule has 1 amide bonds. The molecule has 1 aliphatic heterocycles. The molecular weight excluding hydrogens is 489 g/mol. The van der Waals surface area contributed by atoms with Crippen molar-refractivity contribution in [2.45, 2.75) is 25.4 Å².